The number of anilines is 1. The van der Waals surface area contributed by atoms with E-state index >= 15 is 0 Å². The second-order valence-corrected chi connectivity index (χ2v) is 3.74. The molecule has 0 saturated carbocycles. The van der Waals surface area contributed by atoms with Crippen molar-refractivity contribution in [2.75, 3.05) is 5.32 Å². The monoisotopic (exact) mass is 173 g/mol. The van der Waals surface area contributed by atoms with Crippen LogP contribution in [0.1, 0.15) is 18.9 Å². The van der Waals surface area contributed by atoms with Crippen LogP contribution in [0.5, 0.6) is 0 Å². The van der Waals surface area contributed by atoms with Crippen LogP contribution in [0.2, 0.25) is 0 Å². The molecule has 2 rings (SSSR count). The Balaban J connectivity index is 2.24. The maximum absolute atomic E-state index is 3.99. The fourth-order valence-corrected chi connectivity index (χ4v) is 1.81. The number of aryl methyl sites for hydroxylation is 1. The van der Waals surface area contributed by atoms with Gasteiger partial charge >= 0.3 is 0 Å². The average Bonchev–Trinajstić information content (AvgIpc) is 2.17. The molecule has 0 radical (unpaired) electrons. The lowest BCUT2D eigenvalue weighted by molar-refractivity contribution is 0.703. The van der Waals surface area contributed by atoms with Crippen LogP contribution in [0.4, 0.5) is 5.69 Å². The van der Waals surface area contributed by atoms with Crippen LogP contribution in [0.3, 0.4) is 0 Å². The van der Waals surface area contributed by atoms with Crippen LogP contribution < -0.4 is 5.32 Å². The van der Waals surface area contributed by atoms with Gasteiger partial charge < -0.3 is 5.32 Å². The first-order valence-corrected chi connectivity index (χ1v) is 4.77. The SMILES string of the molecule is C=C(C)[C@@H]1CCc2ccccc2N1. The Morgan fingerprint density at radius 3 is 3.00 bits per heavy atom. The van der Waals surface area contributed by atoms with Gasteiger partial charge in [-0.2, -0.15) is 0 Å². The number of hydrogen-bond acceptors (Lipinski definition) is 1. The minimum absolute atomic E-state index is 0.467. The van der Waals surface area contributed by atoms with E-state index in [2.05, 4.69) is 43.1 Å². The summed E-state index contributed by atoms with van der Waals surface area (Å²) in [5.74, 6) is 0. The van der Waals surface area contributed by atoms with Crippen molar-refractivity contribution in [2.24, 2.45) is 0 Å². The second kappa shape index (κ2) is 3.25. The molecule has 0 fully saturated rings. The van der Waals surface area contributed by atoms with Gasteiger partial charge in [-0.25, -0.2) is 0 Å². The average molecular weight is 173 g/mol. The Bertz CT molecular complexity index is 328. The van der Waals surface area contributed by atoms with Crippen molar-refractivity contribution >= 4 is 5.69 Å². The first kappa shape index (κ1) is 8.36. The van der Waals surface area contributed by atoms with Gasteiger partial charge in [0.1, 0.15) is 0 Å². The Hall–Kier alpha value is -1.24. The van der Waals surface area contributed by atoms with Crippen molar-refractivity contribution in [1.82, 2.24) is 0 Å². The van der Waals surface area contributed by atoms with E-state index in [-0.39, 0.29) is 0 Å². The summed E-state index contributed by atoms with van der Waals surface area (Å²) in [6, 6.07) is 8.98. The third-order valence-electron chi connectivity index (χ3n) is 2.64. The van der Waals surface area contributed by atoms with Gasteiger partial charge in [0.05, 0.1) is 0 Å². The van der Waals surface area contributed by atoms with Gasteiger partial charge in [-0.3, -0.25) is 0 Å². The van der Waals surface area contributed by atoms with Gasteiger partial charge in [-0.1, -0.05) is 30.4 Å². The first-order chi connectivity index (χ1) is 6.27. The maximum atomic E-state index is 3.99. The molecule has 1 aromatic rings. The highest BCUT2D eigenvalue weighted by molar-refractivity contribution is 5.55. The molecule has 0 unspecified atom stereocenters. The molecular weight excluding hydrogens is 158 g/mol. The highest BCUT2D eigenvalue weighted by Crippen LogP contribution is 2.26. The van der Waals surface area contributed by atoms with Crippen molar-refractivity contribution < 1.29 is 0 Å². The zero-order valence-corrected chi connectivity index (χ0v) is 8.01. The Morgan fingerprint density at radius 2 is 2.23 bits per heavy atom. The normalized spacial score (nSPS) is 20.2. The minimum Gasteiger partial charge on any atom is -0.378 e. The Kier molecular flexibility index (Phi) is 2.09. The number of fused-ring (bicyclic) bond motifs is 1. The fraction of sp³-hybridized carbons (Fsp3) is 0.333. The second-order valence-electron chi connectivity index (χ2n) is 3.74. The highest BCUT2D eigenvalue weighted by atomic mass is 14.9. The van der Waals surface area contributed by atoms with Gasteiger partial charge in [-0.05, 0) is 31.4 Å². The number of para-hydroxylation sites is 1. The molecule has 13 heavy (non-hydrogen) atoms. The van der Waals surface area contributed by atoms with E-state index in [9.17, 15) is 0 Å². The van der Waals surface area contributed by atoms with E-state index in [1.807, 2.05) is 0 Å². The predicted molar refractivity (Wildman–Crippen MR) is 57.0 cm³/mol. The summed E-state index contributed by atoms with van der Waals surface area (Å²) in [4.78, 5) is 0. The molecule has 1 aliphatic rings. The van der Waals surface area contributed by atoms with Gasteiger partial charge in [0.25, 0.3) is 0 Å². The summed E-state index contributed by atoms with van der Waals surface area (Å²) in [6.07, 6.45) is 2.34. The molecule has 1 heteroatoms. The maximum Gasteiger partial charge on any atom is 0.0471 e. The van der Waals surface area contributed by atoms with Gasteiger partial charge in [0.15, 0.2) is 0 Å². The van der Waals surface area contributed by atoms with Gasteiger partial charge in [0.2, 0.25) is 0 Å². The van der Waals surface area contributed by atoms with E-state index in [1.165, 1.54) is 29.7 Å². The molecule has 0 aromatic heterocycles. The van der Waals surface area contributed by atoms with Crippen LogP contribution >= 0.6 is 0 Å². The van der Waals surface area contributed by atoms with Crippen LogP contribution in [0, 0.1) is 0 Å². The van der Waals surface area contributed by atoms with Crippen LogP contribution in [0.25, 0.3) is 0 Å². The summed E-state index contributed by atoms with van der Waals surface area (Å²) in [7, 11) is 0. The van der Waals surface area contributed by atoms with E-state index in [0.29, 0.717) is 6.04 Å². The van der Waals surface area contributed by atoms with Crippen molar-refractivity contribution in [3.63, 3.8) is 0 Å². The van der Waals surface area contributed by atoms with E-state index in [4.69, 9.17) is 0 Å². The smallest absolute Gasteiger partial charge is 0.0471 e. The molecule has 0 aliphatic carbocycles. The largest absolute Gasteiger partial charge is 0.378 e. The summed E-state index contributed by atoms with van der Waals surface area (Å²) in [5.41, 5.74) is 3.94. The lowest BCUT2D eigenvalue weighted by Crippen LogP contribution is -2.25. The summed E-state index contributed by atoms with van der Waals surface area (Å²) < 4.78 is 0. The molecule has 68 valence electrons. The number of hydrogen-bond donors (Lipinski definition) is 1. The van der Waals surface area contributed by atoms with Crippen molar-refractivity contribution in [3.05, 3.63) is 42.0 Å². The van der Waals surface area contributed by atoms with E-state index in [1.54, 1.807) is 0 Å². The molecule has 0 spiro atoms. The lowest BCUT2D eigenvalue weighted by Gasteiger charge is -2.27. The third-order valence-corrected chi connectivity index (χ3v) is 2.64. The molecule has 1 aliphatic heterocycles. The molecule has 0 amide bonds. The summed E-state index contributed by atoms with van der Waals surface area (Å²) in [6.45, 7) is 6.08. The number of benzene rings is 1. The number of nitrogens with one attached hydrogen (secondary N) is 1. The summed E-state index contributed by atoms with van der Waals surface area (Å²) in [5, 5.41) is 3.50. The molecule has 1 aromatic carbocycles. The van der Waals surface area contributed by atoms with Gasteiger partial charge in [0, 0.05) is 11.7 Å². The predicted octanol–water partition coefficient (Wildman–Crippen LogP) is 2.99. The third kappa shape index (κ3) is 1.59. The van der Waals surface area contributed by atoms with E-state index < -0.39 is 0 Å². The zero-order valence-electron chi connectivity index (χ0n) is 8.01. The molecule has 0 bridgehead atoms. The topological polar surface area (TPSA) is 12.0 Å². The molecule has 1 N–H and O–H groups in total. The van der Waals surface area contributed by atoms with Crippen LogP contribution in [-0.4, -0.2) is 6.04 Å². The fourth-order valence-electron chi connectivity index (χ4n) is 1.81. The number of rotatable bonds is 1. The van der Waals surface area contributed by atoms with Crippen LogP contribution in [0.15, 0.2) is 36.4 Å². The van der Waals surface area contributed by atoms with Crippen LogP contribution in [-0.2, 0) is 6.42 Å². The molecule has 1 nitrogen and oxygen atoms in total. The standard InChI is InChI=1S/C12H15N/c1-9(2)11-8-7-10-5-3-4-6-12(10)13-11/h3-6,11,13H,1,7-8H2,2H3/t11-/m0/s1. The van der Waals surface area contributed by atoms with Crippen molar-refractivity contribution in [2.45, 2.75) is 25.8 Å². The Labute approximate surface area is 79.5 Å². The minimum atomic E-state index is 0.467. The molecule has 1 heterocycles. The highest BCUT2D eigenvalue weighted by Gasteiger charge is 2.16. The van der Waals surface area contributed by atoms with Gasteiger partial charge in [-0.15, -0.1) is 0 Å². The first-order valence-electron chi connectivity index (χ1n) is 4.77. The molecule has 1 atom stereocenters. The molecule has 0 saturated heterocycles. The quantitative estimate of drug-likeness (QED) is 0.644. The zero-order chi connectivity index (χ0) is 9.26. The summed E-state index contributed by atoms with van der Waals surface area (Å²) >= 11 is 0. The van der Waals surface area contributed by atoms with Crippen molar-refractivity contribution in [1.29, 1.82) is 0 Å². The molecular formula is C12H15N. The van der Waals surface area contributed by atoms with E-state index in [0.717, 1.165) is 0 Å². The Morgan fingerprint density at radius 1 is 1.46 bits per heavy atom. The lowest BCUT2D eigenvalue weighted by atomic mass is 9.95. The van der Waals surface area contributed by atoms with Crippen molar-refractivity contribution in [3.8, 4) is 0 Å².